The standard InChI is InChI=1S/C12H24N2/c1-9(2)14-8-10-5-6-11(14)7-12(10)13(3)4/h9-12H,5-8H2,1-4H3. The molecule has 3 unspecified atom stereocenters. The number of nitrogens with zero attached hydrogens (tertiary/aromatic N) is 2. The second kappa shape index (κ2) is 3.82. The Morgan fingerprint density at radius 2 is 1.93 bits per heavy atom. The van der Waals surface area contributed by atoms with E-state index in [1.807, 2.05) is 0 Å². The van der Waals surface area contributed by atoms with Gasteiger partial charge in [-0.05, 0) is 53.1 Å². The first kappa shape index (κ1) is 10.4. The van der Waals surface area contributed by atoms with Crippen LogP contribution < -0.4 is 0 Å². The molecular formula is C12H24N2. The Labute approximate surface area is 88.3 Å². The van der Waals surface area contributed by atoms with Crippen LogP contribution in [0, 0.1) is 5.92 Å². The minimum absolute atomic E-state index is 0.742. The van der Waals surface area contributed by atoms with Crippen molar-refractivity contribution in [2.45, 2.75) is 51.2 Å². The lowest BCUT2D eigenvalue weighted by Crippen LogP contribution is -2.59. The maximum absolute atomic E-state index is 2.72. The number of hydrogen-bond acceptors (Lipinski definition) is 2. The van der Waals surface area contributed by atoms with E-state index in [1.165, 1.54) is 25.8 Å². The van der Waals surface area contributed by atoms with E-state index in [0.717, 1.165) is 24.0 Å². The monoisotopic (exact) mass is 196 g/mol. The molecular weight excluding hydrogens is 172 g/mol. The lowest BCUT2D eigenvalue weighted by atomic mass is 9.75. The van der Waals surface area contributed by atoms with E-state index in [9.17, 15) is 0 Å². The molecule has 0 aromatic rings. The normalized spacial score (nSPS) is 38.6. The molecule has 1 saturated carbocycles. The molecule has 2 saturated heterocycles. The van der Waals surface area contributed by atoms with Gasteiger partial charge in [0.1, 0.15) is 0 Å². The molecule has 3 rings (SSSR count). The van der Waals surface area contributed by atoms with Crippen LogP contribution in [0.5, 0.6) is 0 Å². The highest BCUT2D eigenvalue weighted by Gasteiger charge is 2.41. The van der Waals surface area contributed by atoms with E-state index in [4.69, 9.17) is 0 Å². The molecule has 2 heterocycles. The predicted octanol–water partition coefficient (Wildman–Crippen LogP) is 1.81. The molecule has 14 heavy (non-hydrogen) atoms. The minimum atomic E-state index is 0.742. The topological polar surface area (TPSA) is 6.48 Å². The van der Waals surface area contributed by atoms with Gasteiger partial charge in [0.2, 0.25) is 0 Å². The predicted molar refractivity (Wildman–Crippen MR) is 60.4 cm³/mol. The Kier molecular flexibility index (Phi) is 2.85. The third-order valence-corrected chi connectivity index (χ3v) is 4.17. The van der Waals surface area contributed by atoms with Gasteiger partial charge < -0.3 is 4.90 Å². The van der Waals surface area contributed by atoms with Crippen molar-refractivity contribution in [2.75, 3.05) is 20.6 Å². The van der Waals surface area contributed by atoms with E-state index in [-0.39, 0.29) is 0 Å². The Balaban J connectivity index is 2.05. The molecule has 2 nitrogen and oxygen atoms in total. The molecule has 2 bridgehead atoms. The van der Waals surface area contributed by atoms with Crippen LogP contribution in [0.3, 0.4) is 0 Å². The lowest BCUT2D eigenvalue weighted by Gasteiger charge is -2.53. The van der Waals surface area contributed by atoms with Gasteiger partial charge in [-0.15, -0.1) is 0 Å². The first-order chi connectivity index (χ1) is 6.59. The van der Waals surface area contributed by atoms with Gasteiger partial charge in [0.15, 0.2) is 0 Å². The molecule has 0 spiro atoms. The first-order valence-corrected chi connectivity index (χ1v) is 6.01. The van der Waals surface area contributed by atoms with Crippen molar-refractivity contribution in [3.63, 3.8) is 0 Å². The average molecular weight is 196 g/mol. The minimum Gasteiger partial charge on any atom is -0.306 e. The Hall–Kier alpha value is -0.0800. The zero-order valence-electron chi connectivity index (χ0n) is 10.0. The lowest BCUT2D eigenvalue weighted by molar-refractivity contribution is -0.0260. The smallest absolute Gasteiger partial charge is 0.0144 e. The summed E-state index contributed by atoms with van der Waals surface area (Å²) < 4.78 is 0. The maximum Gasteiger partial charge on any atom is 0.0144 e. The first-order valence-electron chi connectivity index (χ1n) is 6.01. The van der Waals surface area contributed by atoms with Gasteiger partial charge in [-0.3, -0.25) is 4.90 Å². The molecule has 0 amide bonds. The molecule has 2 aliphatic heterocycles. The van der Waals surface area contributed by atoms with Gasteiger partial charge in [0, 0.05) is 24.7 Å². The summed E-state index contributed by atoms with van der Waals surface area (Å²) in [6.45, 7) is 6.02. The summed E-state index contributed by atoms with van der Waals surface area (Å²) in [4.78, 5) is 5.16. The van der Waals surface area contributed by atoms with Gasteiger partial charge in [-0.25, -0.2) is 0 Å². The molecule has 3 atom stereocenters. The van der Waals surface area contributed by atoms with Crippen molar-refractivity contribution in [1.29, 1.82) is 0 Å². The van der Waals surface area contributed by atoms with E-state index in [1.54, 1.807) is 0 Å². The molecule has 1 aliphatic carbocycles. The quantitative estimate of drug-likeness (QED) is 0.664. The van der Waals surface area contributed by atoms with E-state index < -0.39 is 0 Å². The van der Waals surface area contributed by atoms with Crippen molar-refractivity contribution in [2.24, 2.45) is 5.92 Å². The van der Waals surface area contributed by atoms with Gasteiger partial charge in [-0.1, -0.05) is 0 Å². The molecule has 3 aliphatic rings. The molecule has 0 N–H and O–H groups in total. The number of rotatable bonds is 2. The van der Waals surface area contributed by atoms with Crippen LogP contribution in [-0.4, -0.2) is 48.6 Å². The fourth-order valence-corrected chi connectivity index (χ4v) is 3.39. The number of hydrogen-bond donors (Lipinski definition) is 0. The highest BCUT2D eigenvalue weighted by molar-refractivity contribution is 4.97. The van der Waals surface area contributed by atoms with Crippen LogP contribution in [-0.2, 0) is 0 Å². The van der Waals surface area contributed by atoms with Crippen LogP contribution in [0.2, 0.25) is 0 Å². The zero-order chi connectivity index (χ0) is 10.3. The highest BCUT2D eigenvalue weighted by atomic mass is 15.2. The van der Waals surface area contributed by atoms with Crippen LogP contribution in [0.15, 0.2) is 0 Å². The fourth-order valence-electron chi connectivity index (χ4n) is 3.39. The second-order valence-corrected chi connectivity index (χ2v) is 5.55. The molecule has 0 aromatic heterocycles. The zero-order valence-corrected chi connectivity index (χ0v) is 10.0. The summed E-state index contributed by atoms with van der Waals surface area (Å²) in [6.07, 6.45) is 4.29. The van der Waals surface area contributed by atoms with Crippen LogP contribution in [0.25, 0.3) is 0 Å². The third-order valence-electron chi connectivity index (χ3n) is 4.17. The molecule has 0 aromatic carbocycles. The van der Waals surface area contributed by atoms with E-state index in [2.05, 4.69) is 37.7 Å². The number of fused-ring (bicyclic) bond motifs is 3. The maximum atomic E-state index is 2.72. The number of piperidine rings is 2. The Bertz CT molecular complexity index is 178. The highest BCUT2D eigenvalue weighted by Crippen LogP contribution is 2.37. The molecule has 2 heteroatoms. The second-order valence-electron chi connectivity index (χ2n) is 5.55. The van der Waals surface area contributed by atoms with Gasteiger partial charge in [-0.2, -0.15) is 0 Å². The molecule has 82 valence electrons. The third kappa shape index (κ3) is 1.70. The van der Waals surface area contributed by atoms with Crippen molar-refractivity contribution in [3.05, 3.63) is 0 Å². The summed E-state index contributed by atoms with van der Waals surface area (Å²) in [5.74, 6) is 0.928. The fraction of sp³-hybridized carbons (Fsp3) is 1.00. The summed E-state index contributed by atoms with van der Waals surface area (Å²) in [5, 5.41) is 0. The van der Waals surface area contributed by atoms with E-state index in [0.29, 0.717) is 0 Å². The van der Waals surface area contributed by atoms with Gasteiger partial charge in [0.25, 0.3) is 0 Å². The van der Waals surface area contributed by atoms with Crippen molar-refractivity contribution >= 4 is 0 Å². The summed E-state index contributed by atoms with van der Waals surface area (Å²) in [5.41, 5.74) is 0. The van der Waals surface area contributed by atoms with Crippen molar-refractivity contribution in [1.82, 2.24) is 9.80 Å². The van der Waals surface area contributed by atoms with Crippen LogP contribution in [0.4, 0.5) is 0 Å². The summed E-state index contributed by atoms with van der Waals surface area (Å²) >= 11 is 0. The largest absolute Gasteiger partial charge is 0.306 e. The average Bonchev–Trinajstić information content (AvgIpc) is 2.18. The SMILES string of the molecule is CC(C)N1CC2CCC1CC2N(C)C. The van der Waals surface area contributed by atoms with Crippen LogP contribution >= 0.6 is 0 Å². The van der Waals surface area contributed by atoms with Crippen molar-refractivity contribution < 1.29 is 0 Å². The summed E-state index contributed by atoms with van der Waals surface area (Å²) in [7, 11) is 4.48. The van der Waals surface area contributed by atoms with Gasteiger partial charge >= 0.3 is 0 Å². The molecule has 3 fully saturated rings. The molecule has 0 radical (unpaired) electrons. The summed E-state index contributed by atoms with van der Waals surface area (Å²) in [6, 6.07) is 2.46. The van der Waals surface area contributed by atoms with Gasteiger partial charge in [0.05, 0.1) is 0 Å². The van der Waals surface area contributed by atoms with Crippen LogP contribution in [0.1, 0.15) is 33.1 Å². The Morgan fingerprint density at radius 1 is 1.21 bits per heavy atom. The Morgan fingerprint density at radius 3 is 2.36 bits per heavy atom. The van der Waals surface area contributed by atoms with E-state index >= 15 is 0 Å². The van der Waals surface area contributed by atoms with Crippen molar-refractivity contribution in [3.8, 4) is 0 Å².